The van der Waals surface area contributed by atoms with Crippen LogP contribution in [-0.2, 0) is 10.2 Å². The van der Waals surface area contributed by atoms with E-state index in [-0.39, 0.29) is 11.9 Å². The molecular weight excluding hydrogens is 422 g/mol. The highest BCUT2D eigenvalue weighted by atomic mass is 16.1. The van der Waals surface area contributed by atoms with Crippen LogP contribution in [0.4, 0.5) is 5.69 Å². The summed E-state index contributed by atoms with van der Waals surface area (Å²) in [5.74, 6) is -0.0268. The van der Waals surface area contributed by atoms with Crippen LogP contribution in [0.25, 0.3) is 11.1 Å². The molecule has 1 saturated heterocycles. The molecule has 1 aliphatic carbocycles. The molecule has 5 heteroatoms. The Morgan fingerprint density at radius 2 is 1.56 bits per heavy atom. The number of para-hydroxylation sites is 1. The van der Waals surface area contributed by atoms with Gasteiger partial charge in [-0.05, 0) is 53.8 Å². The molecule has 1 fully saturated rings. The van der Waals surface area contributed by atoms with Gasteiger partial charge in [-0.1, -0.05) is 67.1 Å². The van der Waals surface area contributed by atoms with E-state index in [9.17, 15) is 9.59 Å². The first kappa shape index (κ1) is 22.4. The Labute approximate surface area is 201 Å². The second-order valence-electron chi connectivity index (χ2n) is 9.36. The number of nitrogens with one attached hydrogen (secondary N) is 2. The molecule has 1 amide bonds. The normalized spacial score (nSPS) is 16.3. The highest BCUT2D eigenvalue weighted by molar-refractivity contribution is 5.99. The third-order valence-corrected chi connectivity index (χ3v) is 7.34. The van der Waals surface area contributed by atoms with Crippen molar-refractivity contribution in [1.29, 1.82) is 0 Å². The molecule has 34 heavy (non-hydrogen) atoms. The summed E-state index contributed by atoms with van der Waals surface area (Å²) in [7, 11) is 1.83. The fraction of sp³-hybridized carbons (Fsp3) is 0.310. The third-order valence-electron chi connectivity index (χ3n) is 7.34. The van der Waals surface area contributed by atoms with E-state index in [2.05, 4.69) is 39.8 Å². The topological polar surface area (TPSA) is 61.4 Å². The maximum atomic E-state index is 12.6. The molecule has 174 valence electrons. The van der Waals surface area contributed by atoms with Crippen molar-refractivity contribution in [1.82, 2.24) is 10.2 Å². The van der Waals surface area contributed by atoms with Crippen molar-refractivity contribution in [3.63, 3.8) is 0 Å². The van der Waals surface area contributed by atoms with Gasteiger partial charge in [-0.15, -0.1) is 0 Å². The van der Waals surface area contributed by atoms with E-state index >= 15 is 0 Å². The average Bonchev–Trinajstić information content (AvgIpc) is 3.15. The van der Waals surface area contributed by atoms with E-state index in [4.69, 9.17) is 0 Å². The number of aldehydes is 1. The average molecular weight is 454 g/mol. The molecule has 0 saturated carbocycles. The van der Waals surface area contributed by atoms with Crippen LogP contribution in [0, 0.1) is 0 Å². The minimum absolute atomic E-state index is 0.0268. The third kappa shape index (κ3) is 3.90. The molecule has 0 spiro atoms. The van der Waals surface area contributed by atoms with Crippen molar-refractivity contribution < 1.29 is 9.59 Å². The van der Waals surface area contributed by atoms with Crippen molar-refractivity contribution in [2.24, 2.45) is 0 Å². The number of carbonyl (C=O) groups is 2. The Balaban J connectivity index is 1.13. The molecule has 3 aromatic rings. The summed E-state index contributed by atoms with van der Waals surface area (Å²) >= 11 is 0. The van der Waals surface area contributed by atoms with Gasteiger partial charge in [-0.25, -0.2) is 0 Å². The van der Waals surface area contributed by atoms with E-state index in [0.29, 0.717) is 5.56 Å². The molecule has 0 radical (unpaired) electrons. The Morgan fingerprint density at radius 1 is 0.941 bits per heavy atom. The zero-order chi connectivity index (χ0) is 23.5. The van der Waals surface area contributed by atoms with Gasteiger partial charge in [-0.2, -0.15) is 0 Å². The van der Waals surface area contributed by atoms with E-state index < -0.39 is 5.41 Å². The predicted molar refractivity (Wildman–Crippen MR) is 136 cm³/mol. The second kappa shape index (κ2) is 9.43. The smallest absolute Gasteiger partial charge is 0.253 e. The molecule has 0 bridgehead atoms. The summed E-state index contributed by atoms with van der Waals surface area (Å²) in [5, 5.41) is 6.22. The summed E-state index contributed by atoms with van der Waals surface area (Å²) < 4.78 is 0. The van der Waals surface area contributed by atoms with E-state index in [1.165, 1.54) is 11.1 Å². The van der Waals surface area contributed by atoms with Gasteiger partial charge in [0.2, 0.25) is 0 Å². The Morgan fingerprint density at radius 3 is 2.21 bits per heavy atom. The van der Waals surface area contributed by atoms with E-state index in [0.717, 1.165) is 62.0 Å². The maximum absolute atomic E-state index is 12.6. The SMILES string of the molecule is CNc1ccccc1C(=O)NC1CN(CCCCC2(C=O)c3ccccc3-c3ccccc32)C1. The summed E-state index contributed by atoms with van der Waals surface area (Å²) in [5.41, 5.74) is 5.63. The summed E-state index contributed by atoms with van der Waals surface area (Å²) in [6.07, 6.45) is 3.99. The molecule has 0 atom stereocenters. The van der Waals surface area contributed by atoms with Gasteiger partial charge >= 0.3 is 0 Å². The van der Waals surface area contributed by atoms with Crippen molar-refractivity contribution >= 4 is 17.9 Å². The van der Waals surface area contributed by atoms with Gasteiger partial charge in [0.25, 0.3) is 5.91 Å². The Bertz CT molecular complexity index is 1150. The molecule has 5 nitrogen and oxygen atoms in total. The zero-order valence-electron chi connectivity index (χ0n) is 19.6. The quantitative estimate of drug-likeness (QED) is 0.371. The highest BCUT2D eigenvalue weighted by Gasteiger charge is 2.42. The number of amides is 1. The van der Waals surface area contributed by atoms with Crippen LogP contribution in [-0.4, -0.2) is 49.8 Å². The number of fused-ring (bicyclic) bond motifs is 3. The van der Waals surface area contributed by atoms with Gasteiger partial charge in [0, 0.05) is 25.8 Å². The second-order valence-corrected chi connectivity index (χ2v) is 9.36. The highest BCUT2D eigenvalue weighted by Crippen LogP contribution is 2.50. The first-order chi connectivity index (χ1) is 16.7. The first-order valence-electron chi connectivity index (χ1n) is 12.1. The maximum Gasteiger partial charge on any atom is 0.253 e. The summed E-state index contributed by atoms with van der Waals surface area (Å²) in [6, 6.07) is 24.4. The van der Waals surface area contributed by atoms with Crippen molar-refractivity contribution in [2.45, 2.75) is 30.7 Å². The lowest BCUT2D eigenvalue weighted by atomic mass is 9.75. The fourth-order valence-electron chi connectivity index (χ4n) is 5.56. The van der Waals surface area contributed by atoms with Gasteiger partial charge in [-0.3, -0.25) is 9.69 Å². The number of carbonyl (C=O) groups excluding carboxylic acids is 2. The van der Waals surface area contributed by atoms with E-state index in [1.54, 1.807) is 0 Å². The van der Waals surface area contributed by atoms with Crippen molar-refractivity contribution in [2.75, 3.05) is 32.0 Å². The minimum Gasteiger partial charge on any atom is -0.387 e. The van der Waals surface area contributed by atoms with Crippen LogP contribution in [0.15, 0.2) is 72.8 Å². The number of likely N-dealkylation sites (tertiary alicyclic amines) is 1. The standard InChI is InChI=1S/C29H31N3O2/c1-30-27-15-7-4-12-24(27)28(34)31-21-18-32(19-21)17-9-8-16-29(20-33)25-13-5-2-10-22(25)23-11-3-6-14-26(23)29/h2-7,10-15,20-21,30H,8-9,16-19H2,1H3,(H,31,34). The van der Waals surface area contributed by atoms with Crippen LogP contribution in [0.3, 0.4) is 0 Å². The summed E-state index contributed by atoms with van der Waals surface area (Å²) in [6.45, 7) is 2.73. The first-order valence-corrected chi connectivity index (χ1v) is 12.1. The van der Waals surface area contributed by atoms with Crippen LogP contribution < -0.4 is 10.6 Å². The monoisotopic (exact) mass is 453 g/mol. The molecular formula is C29H31N3O2. The largest absolute Gasteiger partial charge is 0.387 e. The number of benzene rings is 3. The van der Waals surface area contributed by atoms with Gasteiger partial charge in [0.1, 0.15) is 6.29 Å². The molecule has 3 aromatic carbocycles. The molecule has 0 unspecified atom stereocenters. The predicted octanol–water partition coefficient (Wildman–Crippen LogP) is 4.48. The number of hydrogen-bond acceptors (Lipinski definition) is 4. The lowest BCUT2D eigenvalue weighted by Gasteiger charge is -2.39. The summed E-state index contributed by atoms with van der Waals surface area (Å²) in [4.78, 5) is 27.5. The molecule has 2 aliphatic rings. The van der Waals surface area contributed by atoms with Gasteiger partial charge in [0.15, 0.2) is 0 Å². The van der Waals surface area contributed by atoms with Crippen molar-refractivity contribution in [3.8, 4) is 11.1 Å². The lowest BCUT2D eigenvalue weighted by molar-refractivity contribution is -0.111. The molecule has 0 aromatic heterocycles. The Hall–Kier alpha value is -3.44. The van der Waals surface area contributed by atoms with Crippen LogP contribution in [0.1, 0.15) is 40.7 Å². The Kier molecular flexibility index (Phi) is 6.20. The van der Waals surface area contributed by atoms with Gasteiger partial charge in [0.05, 0.1) is 17.0 Å². The number of hydrogen-bond donors (Lipinski definition) is 2. The van der Waals surface area contributed by atoms with Crippen LogP contribution in [0.2, 0.25) is 0 Å². The fourth-order valence-corrected chi connectivity index (χ4v) is 5.56. The van der Waals surface area contributed by atoms with Crippen molar-refractivity contribution in [3.05, 3.63) is 89.5 Å². The lowest BCUT2D eigenvalue weighted by Crippen LogP contribution is -2.59. The molecule has 5 rings (SSSR count). The number of unbranched alkanes of at least 4 members (excludes halogenated alkanes) is 1. The van der Waals surface area contributed by atoms with Crippen LogP contribution >= 0.6 is 0 Å². The number of nitrogens with zero attached hydrogens (tertiary/aromatic N) is 1. The van der Waals surface area contributed by atoms with E-state index in [1.807, 2.05) is 55.6 Å². The minimum atomic E-state index is -0.542. The van der Waals surface area contributed by atoms with Crippen LogP contribution in [0.5, 0.6) is 0 Å². The molecule has 2 N–H and O–H groups in total. The molecule has 1 heterocycles. The molecule has 1 aliphatic heterocycles. The van der Waals surface area contributed by atoms with Gasteiger partial charge < -0.3 is 15.4 Å². The zero-order valence-corrected chi connectivity index (χ0v) is 19.6. The number of rotatable bonds is 9. The number of anilines is 1.